The highest BCUT2D eigenvalue weighted by atomic mass is 32.2. The summed E-state index contributed by atoms with van der Waals surface area (Å²) in [6.07, 6.45) is 1.11. The Morgan fingerprint density at radius 2 is 1.50 bits per heavy atom. The zero-order chi connectivity index (χ0) is 21.7. The highest BCUT2D eigenvalue weighted by molar-refractivity contribution is 7.90. The van der Waals surface area contributed by atoms with Crippen molar-refractivity contribution in [2.24, 2.45) is 5.14 Å². The lowest BCUT2D eigenvalue weighted by Crippen LogP contribution is -2.12. The number of hydrogen-bond acceptors (Lipinski definition) is 8. The zero-order valence-electron chi connectivity index (χ0n) is 15.6. The SMILES string of the molecule is CS(=O)(=O)c1cccc(-c2nc(-c3cccc(S(N)(=O)=O)c3)nc3nc(N)[nH]c23)c1. The number of H-pyrrole nitrogens is 1. The first-order valence-corrected chi connectivity index (χ1v) is 11.9. The summed E-state index contributed by atoms with van der Waals surface area (Å²) >= 11 is 0. The van der Waals surface area contributed by atoms with Crippen molar-refractivity contribution in [3.8, 4) is 22.6 Å². The monoisotopic (exact) mass is 444 g/mol. The van der Waals surface area contributed by atoms with Gasteiger partial charge in [-0.3, -0.25) is 0 Å². The van der Waals surface area contributed by atoms with Gasteiger partial charge in [0, 0.05) is 17.4 Å². The van der Waals surface area contributed by atoms with E-state index in [1.807, 2.05) is 0 Å². The van der Waals surface area contributed by atoms with Crippen LogP contribution >= 0.6 is 0 Å². The van der Waals surface area contributed by atoms with E-state index < -0.39 is 19.9 Å². The molecule has 0 aliphatic heterocycles. The molecule has 0 saturated heterocycles. The predicted octanol–water partition coefficient (Wildman–Crippen LogP) is 1.32. The zero-order valence-corrected chi connectivity index (χ0v) is 17.2. The molecule has 0 amide bonds. The molecule has 2 aromatic carbocycles. The molecule has 0 fully saturated rings. The summed E-state index contributed by atoms with van der Waals surface area (Å²) in [5, 5.41) is 5.22. The molecule has 0 spiro atoms. The molecule has 5 N–H and O–H groups in total. The van der Waals surface area contributed by atoms with Crippen LogP contribution in [0.25, 0.3) is 33.8 Å². The van der Waals surface area contributed by atoms with Crippen molar-refractivity contribution in [3.05, 3.63) is 48.5 Å². The number of nitrogen functional groups attached to an aromatic ring is 1. The number of aromatic nitrogens is 4. The molecule has 30 heavy (non-hydrogen) atoms. The van der Waals surface area contributed by atoms with Crippen LogP contribution in [-0.2, 0) is 19.9 Å². The van der Waals surface area contributed by atoms with Crippen LogP contribution in [-0.4, -0.2) is 43.0 Å². The van der Waals surface area contributed by atoms with E-state index in [-0.39, 0.29) is 27.2 Å². The van der Waals surface area contributed by atoms with Gasteiger partial charge in [0.15, 0.2) is 27.3 Å². The molecule has 154 valence electrons. The van der Waals surface area contributed by atoms with Crippen LogP contribution in [0.1, 0.15) is 0 Å². The first-order valence-electron chi connectivity index (χ1n) is 8.49. The fourth-order valence-corrected chi connectivity index (χ4v) is 4.17. The summed E-state index contributed by atoms with van der Waals surface area (Å²) < 4.78 is 47.3. The minimum Gasteiger partial charge on any atom is -0.369 e. The van der Waals surface area contributed by atoms with E-state index in [1.54, 1.807) is 18.2 Å². The number of sulfonamides is 1. The average molecular weight is 444 g/mol. The fourth-order valence-electron chi connectivity index (χ4n) is 2.94. The third-order valence-electron chi connectivity index (χ3n) is 4.33. The summed E-state index contributed by atoms with van der Waals surface area (Å²) in [4.78, 5) is 15.9. The van der Waals surface area contributed by atoms with Gasteiger partial charge < -0.3 is 10.7 Å². The molecule has 0 aliphatic rings. The van der Waals surface area contributed by atoms with Gasteiger partial charge in [-0.05, 0) is 24.3 Å². The number of nitrogens with one attached hydrogen (secondary N) is 1. The number of aromatic amines is 1. The van der Waals surface area contributed by atoms with Crippen LogP contribution in [0.3, 0.4) is 0 Å². The highest BCUT2D eigenvalue weighted by Crippen LogP contribution is 2.30. The lowest BCUT2D eigenvalue weighted by molar-refractivity contribution is 0.597. The number of fused-ring (bicyclic) bond motifs is 1. The maximum atomic E-state index is 12.0. The molecule has 0 radical (unpaired) electrons. The number of imidazole rings is 1. The number of nitrogens with two attached hydrogens (primary N) is 2. The summed E-state index contributed by atoms with van der Waals surface area (Å²) in [5.74, 6) is 0.287. The van der Waals surface area contributed by atoms with Gasteiger partial charge in [0.2, 0.25) is 10.0 Å². The largest absolute Gasteiger partial charge is 0.369 e. The number of nitrogens with zero attached hydrogens (tertiary/aromatic N) is 3. The minimum absolute atomic E-state index is 0.0918. The Bertz CT molecular complexity index is 1510. The van der Waals surface area contributed by atoms with Gasteiger partial charge in [-0.1, -0.05) is 24.3 Å². The van der Waals surface area contributed by atoms with Crippen LogP contribution in [0.2, 0.25) is 0 Å². The Hall–Kier alpha value is -3.35. The van der Waals surface area contributed by atoms with Gasteiger partial charge in [-0.15, -0.1) is 0 Å². The van der Waals surface area contributed by atoms with Gasteiger partial charge in [0.25, 0.3) is 0 Å². The second kappa shape index (κ2) is 6.86. The Balaban J connectivity index is 1.98. The van der Waals surface area contributed by atoms with Crippen molar-refractivity contribution in [2.45, 2.75) is 9.79 Å². The third-order valence-corrected chi connectivity index (χ3v) is 6.35. The normalized spacial score (nSPS) is 12.3. The number of anilines is 1. The molecule has 2 heterocycles. The number of primary sulfonamides is 1. The molecule has 0 bridgehead atoms. The molecule has 0 atom stereocenters. The van der Waals surface area contributed by atoms with Crippen LogP contribution in [0.4, 0.5) is 5.95 Å². The Morgan fingerprint density at radius 1 is 0.867 bits per heavy atom. The third kappa shape index (κ3) is 3.75. The van der Waals surface area contributed by atoms with Gasteiger partial charge in [0.1, 0.15) is 11.2 Å². The molecule has 10 nitrogen and oxygen atoms in total. The molecule has 0 unspecified atom stereocenters. The Labute approximate surface area is 172 Å². The van der Waals surface area contributed by atoms with E-state index >= 15 is 0 Å². The maximum Gasteiger partial charge on any atom is 0.238 e. The Kier molecular flexibility index (Phi) is 4.56. The van der Waals surface area contributed by atoms with Gasteiger partial charge in [-0.2, -0.15) is 4.98 Å². The standard InChI is InChI=1S/C18H16N6O4S2/c1-29(25,26)12-6-2-4-10(8-12)14-15-17(24-18(19)22-15)23-16(21-14)11-5-3-7-13(9-11)30(20,27)28/h2-9H,1H3,(H2,20,27,28)(H3,19,21,22,23,24). The first kappa shape index (κ1) is 19.9. The van der Waals surface area contributed by atoms with E-state index in [1.165, 1.54) is 30.3 Å². The van der Waals surface area contributed by atoms with Crippen molar-refractivity contribution in [2.75, 3.05) is 12.0 Å². The molecule has 0 aliphatic carbocycles. The Morgan fingerprint density at radius 3 is 2.17 bits per heavy atom. The predicted molar refractivity (Wildman–Crippen MR) is 111 cm³/mol. The van der Waals surface area contributed by atoms with E-state index in [0.717, 1.165) is 6.26 Å². The van der Waals surface area contributed by atoms with Crippen LogP contribution < -0.4 is 10.9 Å². The minimum atomic E-state index is -3.92. The molecule has 12 heteroatoms. The maximum absolute atomic E-state index is 12.0. The van der Waals surface area contributed by atoms with Crippen molar-refractivity contribution in [1.29, 1.82) is 0 Å². The van der Waals surface area contributed by atoms with Gasteiger partial charge in [-0.25, -0.2) is 31.9 Å². The van der Waals surface area contributed by atoms with Crippen LogP contribution in [0.5, 0.6) is 0 Å². The quantitative estimate of drug-likeness (QED) is 0.422. The first-order chi connectivity index (χ1) is 14.0. The summed E-state index contributed by atoms with van der Waals surface area (Å²) in [5.41, 5.74) is 7.71. The molecular weight excluding hydrogens is 428 g/mol. The fraction of sp³-hybridized carbons (Fsp3) is 0.0556. The van der Waals surface area contributed by atoms with Crippen molar-refractivity contribution in [1.82, 2.24) is 19.9 Å². The highest BCUT2D eigenvalue weighted by Gasteiger charge is 2.18. The van der Waals surface area contributed by atoms with Crippen LogP contribution in [0, 0.1) is 0 Å². The number of rotatable bonds is 4. The number of hydrogen-bond donors (Lipinski definition) is 3. The molecule has 2 aromatic heterocycles. The topological polar surface area (TPSA) is 175 Å². The van der Waals surface area contributed by atoms with Crippen molar-refractivity contribution < 1.29 is 16.8 Å². The van der Waals surface area contributed by atoms with Crippen LogP contribution in [0.15, 0.2) is 58.3 Å². The summed E-state index contributed by atoms with van der Waals surface area (Å²) in [7, 11) is -7.36. The second-order valence-electron chi connectivity index (χ2n) is 6.59. The molecule has 4 rings (SSSR count). The molecule has 4 aromatic rings. The van der Waals surface area contributed by atoms with Gasteiger partial charge >= 0.3 is 0 Å². The number of sulfone groups is 1. The summed E-state index contributed by atoms with van der Waals surface area (Å²) in [6.45, 7) is 0. The van der Waals surface area contributed by atoms with Gasteiger partial charge in [0.05, 0.1) is 9.79 Å². The average Bonchev–Trinajstić information content (AvgIpc) is 3.06. The molecular formula is C18H16N6O4S2. The smallest absolute Gasteiger partial charge is 0.238 e. The lowest BCUT2D eigenvalue weighted by Gasteiger charge is -2.08. The number of benzene rings is 2. The van der Waals surface area contributed by atoms with E-state index in [2.05, 4.69) is 19.9 Å². The van der Waals surface area contributed by atoms with E-state index in [4.69, 9.17) is 10.9 Å². The lowest BCUT2D eigenvalue weighted by atomic mass is 10.1. The summed E-state index contributed by atoms with van der Waals surface area (Å²) in [6, 6.07) is 12.1. The molecule has 0 saturated carbocycles. The van der Waals surface area contributed by atoms with Crippen molar-refractivity contribution >= 4 is 37.0 Å². The van der Waals surface area contributed by atoms with Crippen molar-refractivity contribution in [3.63, 3.8) is 0 Å². The second-order valence-corrected chi connectivity index (χ2v) is 10.2. The van der Waals surface area contributed by atoms with E-state index in [9.17, 15) is 16.8 Å². The van der Waals surface area contributed by atoms with E-state index in [0.29, 0.717) is 22.3 Å².